The fourth-order valence-corrected chi connectivity index (χ4v) is 11.9. The van der Waals surface area contributed by atoms with E-state index < -0.39 is 5.41 Å². The molecule has 0 unspecified atom stereocenters. The number of hydrogen-bond acceptors (Lipinski definition) is 1. The van der Waals surface area contributed by atoms with Crippen molar-refractivity contribution in [2.45, 2.75) is 5.41 Å². The second-order valence-corrected chi connectivity index (χ2v) is 19.2. The van der Waals surface area contributed by atoms with Gasteiger partial charge in [0.1, 0.15) is 0 Å². The van der Waals surface area contributed by atoms with Crippen molar-refractivity contribution in [1.82, 2.24) is 4.57 Å². The van der Waals surface area contributed by atoms with Crippen LogP contribution in [0.1, 0.15) is 22.3 Å². The van der Waals surface area contributed by atoms with E-state index in [1.807, 2.05) is 0 Å². The molecule has 0 N–H and O–H groups in total. The molecule has 73 heavy (non-hydrogen) atoms. The SMILES string of the molecule is c1ccc(-c2ccc(N(c3cccc(-c4ccc(-c5ccc6c(c5)c5ccccc5n6-c5cccc6ccccc56)cc4)c3)c3ccc4c(c3)C(c3ccccc3)(c3ccccc3)c3ccccc3-4)cc2)cc1. The van der Waals surface area contributed by atoms with Crippen LogP contribution in [0.2, 0.25) is 0 Å². The van der Waals surface area contributed by atoms with Crippen molar-refractivity contribution >= 4 is 49.6 Å². The summed E-state index contributed by atoms with van der Waals surface area (Å²) in [7, 11) is 0. The summed E-state index contributed by atoms with van der Waals surface area (Å²) in [4.78, 5) is 2.43. The number of fused-ring (bicyclic) bond motifs is 7. The Kier molecular flexibility index (Phi) is 10.1. The molecule has 0 saturated carbocycles. The number of aromatic nitrogens is 1. The second kappa shape index (κ2) is 17.4. The Hall–Kier alpha value is -9.50. The molecule has 13 aromatic rings. The molecule has 2 heteroatoms. The number of benzene rings is 12. The molecular weight excluding hydrogens is 881 g/mol. The van der Waals surface area contributed by atoms with Gasteiger partial charge < -0.3 is 9.47 Å². The normalized spacial score (nSPS) is 12.5. The van der Waals surface area contributed by atoms with Gasteiger partial charge in [-0.1, -0.05) is 231 Å². The first-order valence-electron chi connectivity index (χ1n) is 25.2. The maximum Gasteiger partial charge on any atom is 0.0714 e. The first-order valence-corrected chi connectivity index (χ1v) is 25.2. The maximum atomic E-state index is 2.46. The minimum atomic E-state index is -0.519. The van der Waals surface area contributed by atoms with Crippen LogP contribution in [0, 0.1) is 0 Å². The Morgan fingerprint density at radius 2 is 0.767 bits per heavy atom. The standard InChI is InChI=1S/C71H48N2/c1-4-18-49(19-5-1)50-38-41-58(42-39-50)72(60-43-44-63-62-29-12-14-31-66(62)71(67(63)48-60,56-23-6-2-7-24-56)57-25-8-3-9-26-57)59-27-16-22-54(46-59)51-34-36-52(37-35-51)55-40-45-70-65(47-55)64-30-13-15-32-69(64)73(70)68-33-17-21-53-20-10-11-28-61(53)68/h1-48H. The molecule has 0 aliphatic heterocycles. The molecular formula is C71H48N2. The zero-order chi connectivity index (χ0) is 48.3. The number of para-hydroxylation sites is 1. The van der Waals surface area contributed by atoms with E-state index in [2.05, 4.69) is 301 Å². The van der Waals surface area contributed by atoms with Crippen molar-refractivity contribution in [3.8, 4) is 50.2 Å². The molecule has 1 aliphatic carbocycles. The number of nitrogens with zero attached hydrogens (tertiary/aromatic N) is 2. The van der Waals surface area contributed by atoms with Crippen molar-refractivity contribution in [3.63, 3.8) is 0 Å². The molecule has 342 valence electrons. The van der Waals surface area contributed by atoms with Crippen molar-refractivity contribution < 1.29 is 0 Å². The summed E-state index contributed by atoms with van der Waals surface area (Å²) in [6, 6.07) is 107. The quantitative estimate of drug-likeness (QED) is 0.140. The van der Waals surface area contributed by atoms with E-state index in [1.54, 1.807) is 0 Å². The Morgan fingerprint density at radius 3 is 1.52 bits per heavy atom. The molecule has 0 amide bonds. The summed E-state index contributed by atoms with van der Waals surface area (Å²) in [5.41, 5.74) is 21.0. The molecule has 0 spiro atoms. The minimum Gasteiger partial charge on any atom is -0.310 e. The smallest absolute Gasteiger partial charge is 0.0714 e. The van der Waals surface area contributed by atoms with Crippen LogP contribution in [0.25, 0.3) is 82.8 Å². The van der Waals surface area contributed by atoms with Gasteiger partial charge in [-0.25, -0.2) is 0 Å². The highest BCUT2D eigenvalue weighted by atomic mass is 15.1. The van der Waals surface area contributed by atoms with Gasteiger partial charge in [0.05, 0.1) is 22.1 Å². The van der Waals surface area contributed by atoms with Gasteiger partial charge in [0, 0.05) is 33.2 Å². The van der Waals surface area contributed by atoms with Crippen molar-refractivity contribution in [2.24, 2.45) is 0 Å². The molecule has 0 atom stereocenters. The Labute approximate surface area is 426 Å². The highest BCUT2D eigenvalue weighted by Crippen LogP contribution is 2.57. The number of hydrogen-bond donors (Lipinski definition) is 0. The maximum absolute atomic E-state index is 2.46. The van der Waals surface area contributed by atoms with E-state index >= 15 is 0 Å². The minimum absolute atomic E-state index is 0.519. The van der Waals surface area contributed by atoms with Gasteiger partial charge in [-0.2, -0.15) is 0 Å². The van der Waals surface area contributed by atoms with Crippen LogP contribution in [0.5, 0.6) is 0 Å². The lowest BCUT2D eigenvalue weighted by atomic mass is 9.67. The summed E-state index contributed by atoms with van der Waals surface area (Å²) in [6.07, 6.45) is 0. The van der Waals surface area contributed by atoms with Gasteiger partial charge in [-0.3, -0.25) is 0 Å². The molecule has 0 bridgehead atoms. The first-order chi connectivity index (χ1) is 36.2. The van der Waals surface area contributed by atoms with Crippen molar-refractivity contribution in [1.29, 1.82) is 0 Å². The Morgan fingerprint density at radius 1 is 0.274 bits per heavy atom. The third kappa shape index (κ3) is 6.94. The Balaban J connectivity index is 0.875. The molecule has 2 nitrogen and oxygen atoms in total. The third-order valence-electron chi connectivity index (χ3n) is 15.3. The summed E-state index contributed by atoms with van der Waals surface area (Å²) < 4.78 is 2.43. The average molecular weight is 929 g/mol. The van der Waals surface area contributed by atoms with Gasteiger partial charge in [-0.05, 0) is 133 Å². The lowest BCUT2D eigenvalue weighted by Gasteiger charge is -2.35. The summed E-state index contributed by atoms with van der Waals surface area (Å²) in [5.74, 6) is 0. The van der Waals surface area contributed by atoms with E-state index in [0.29, 0.717) is 0 Å². The van der Waals surface area contributed by atoms with Crippen LogP contribution < -0.4 is 4.90 Å². The topological polar surface area (TPSA) is 8.17 Å². The van der Waals surface area contributed by atoms with Crippen molar-refractivity contribution in [3.05, 3.63) is 313 Å². The fourth-order valence-electron chi connectivity index (χ4n) is 11.9. The molecule has 1 aromatic heterocycles. The van der Waals surface area contributed by atoms with Gasteiger partial charge in [0.15, 0.2) is 0 Å². The van der Waals surface area contributed by atoms with E-state index in [9.17, 15) is 0 Å². The third-order valence-corrected chi connectivity index (χ3v) is 15.3. The summed E-state index contributed by atoms with van der Waals surface area (Å²) >= 11 is 0. The first kappa shape index (κ1) is 42.4. The zero-order valence-corrected chi connectivity index (χ0v) is 40.1. The zero-order valence-electron chi connectivity index (χ0n) is 40.1. The molecule has 0 fully saturated rings. The predicted octanol–water partition coefficient (Wildman–Crippen LogP) is 18.8. The summed E-state index contributed by atoms with van der Waals surface area (Å²) in [6.45, 7) is 0. The van der Waals surface area contributed by atoms with Crippen LogP contribution in [0.4, 0.5) is 17.1 Å². The second-order valence-electron chi connectivity index (χ2n) is 19.2. The highest BCUT2D eigenvalue weighted by molar-refractivity contribution is 6.11. The number of anilines is 3. The average Bonchev–Trinajstić information content (AvgIpc) is 3.96. The van der Waals surface area contributed by atoms with Crippen LogP contribution >= 0.6 is 0 Å². The van der Waals surface area contributed by atoms with Gasteiger partial charge in [0.25, 0.3) is 0 Å². The molecule has 12 aromatic carbocycles. The van der Waals surface area contributed by atoms with E-state index in [4.69, 9.17) is 0 Å². The monoisotopic (exact) mass is 928 g/mol. The van der Waals surface area contributed by atoms with Gasteiger partial charge in [-0.15, -0.1) is 0 Å². The van der Waals surface area contributed by atoms with Crippen LogP contribution in [-0.2, 0) is 5.41 Å². The fraction of sp³-hybridized carbons (Fsp3) is 0.0141. The predicted molar refractivity (Wildman–Crippen MR) is 307 cm³/mol. The van der Waals surface area contributed by atoms with Crippen molar-refractivity contribution in [2.75, 3.05) is 4.90 Å². The molecule has 1 heterocycles. The van der Waals surface area contributed by atoms with Gasteiger partial charge >= 0.3 is 0 Å². The van der Waals surface area contributed by atoms with Crippen LogP contribution in [0.15, 0.2) is 291 Å². The lowest BCUT2D eigenvalue weighted by molar-refractivity contribution is 0.768. The van der Waals surface area contributed by atoms with E-state index in [-0.39, 0.29) is 0 Å². The summed E-state index contributed by atoms with van der Waals surface area (Å²) in [5, 5.41) is 4.97. The van der Waals surface area contributed by atoms with Crippen LogP contribution in [-0.4, -0.2) is 4.57 Å². The molecule has 0 radical (unpaired) electrons. The molecule has 0 saturated heterocycles. The van der Waals surface area contributed by atoms with E-state index in [0.717, 1.165) is 28.2 Å². The largest absolute Gasteiger partial charge is 0.310 e. The highest BCUT2D eigenvalue weighted by Gasteiger charge is 2.46. The van der Waals surface area contributed by atoms with E-state index in [1.165, 1.54) is 93.9 Å². The van der Waals surface area contributed by atoms with Gasteiger partial charge in [0.2, 0.25) is 0 Å². The Bertz CT molecular complexity index is 4130. The lowest BCUT2D eigenvalue weighted by Crippen LogP contribution is -2.28. The number of rotatable bonds is 9. The molecule has 1 aliphatic rings. The van der Waals surface area contributed by atoms with Crippen LogP contribution in [0.3, 0.4) is 0 Å². The molecule has 14 rings (SSSR count).